The van der Waals surface area contributed by atoms with E-state index in [9.17, 15) is 4.79 Å². The third-order valence-corrected chi connectivity index (χ3v) is 5.42. The summed E-state index contributed by atoms with van der Waals surface area (Å²) in [7, 11) is 0. The predicted molar refractivity (Wildman–Crippen MR) is 96.6 cm³/mol. The third kappa shape index (κ3) is 4.42. The summed E-state index contributed by atoms with van der Waals surface area (Å²) < 4.78 is 5.76. The molecule has 1 atom stereocenters. The van der Waals surface area contributed by atoms with E-state index in [-0.39, 0.29) is 17.9 Å². The largest absolute Gasteiger partial charge is 0.491 e. The van der Waals surface area contributed by atoms with Crippen LogP contribution in [-0.2, 0) is 11.2 Å². The van der Waals surface area contributed by atoms with E-state index in [0.29, 0.717) is 11.6 Å². The van der Waals surface area contributed by atoms with E-state index < -0.39 is 0 Å². The van der Waals surface area contributed by atoms with Gasteiger partial charge in [0, 0.05) is 10.9 Å². The molecule has 1 unspecified atom stereocenters. The highest BCUT2D eigenvalue weighted by atomic mass is 35.5. The number of ether oxygens (including phenoxy) is 1. The second-order valence-corrected chi connectivity index (χ2v) is 7.43. The first kappa shape index (κ1) is 17.6. The van der Waals surface area contributed by atoms with Crippen molar-refractivity contribution in [2.45, 2.75) is 45.1 Å². The molecule has 4 nitrogen and oxygen atoms in total. The number of fused-ring (bicyclic) bond motifs is 1. The first-order chi connectivity index (χ1) is 11.7. The maximum atomic E-state index is 12.5. The Hall–Kier alpha value is -1.26. The van der Waals surface area contributed by atoms with E-state index in [4.69, 9.17) is 16.3 Å². The molecule has 0 spiro atoms. The maximum Gasteiger partial charge on any atom is 0.223 e. The number of benzene rings is 1. The minimum absolute atomic E-state index is 0.0608. The van der Waals surface area contributed by atoms with Crippen molar-refractivity contribution in [2.75, 3.05) is 19.7 Å². The molecule has 1 aliphatic heterocycles. The van der Waals surface area contributed by atoms with Gasteiger partial charge in [-0.25, -0.2) is 0 Å². The molecule has 1 amide bonds. The lowest BCUT2D eigenvalue weighted by Gasteiger charge is -2.31. The zero-order chi connectivity index (χ0) is 16.9. The van der Waals surface area contributed by atoms with Gasteiger partial charge in [-0.3, -0.25) is 4.79 Å². The van der Waals surface area contributed by atoms with Gasteiger partial charge in [0.15, 0.2) is 0 Å². The average Bonchev–Trinajstić information content (AvgIpc) is 2.60. The minimum Gasteiger partial charge on any atom is -0.491 e. The summed E-state index contributed by atoms with van der Waals surface area (Å²) in [6, 6.07) is 5.77. The molecule has 2 aliphatic rings. The van der Waals surface area contributed by atoms with Gasteiger partial charge in [0.25, 0.3) is 0 Å². The molecule has 0 radical (unpaired) electrons. The molecule has 5 heteroatoms. The van der Waals surface area contributed by atoms with Crippen molar-refractivity contribution in [2.24, 2.45) is 11.8 Å². The van der Waals surface area contributed by atoms with Gasteiger partial charge in [-0.1, -0.05) is 24.6 Å². The molecule has 24 heavy (non-hydrogen) atoms. The molecule has 1 fully saturated rings. The average molecular weight is 351 g/mol. The molecule has 2 N–H and O–H groups in total. The maximum absolute atomic E-state index is 12.5. The highest BCUT2D eigenvalue weighted by Crippen LogP contribution is 2.30. The lowest BCUT2D eigenvalue weighted by atomic mass is 9.81. The Labute approximate surface area is 149 Å². The molecule has 0 bridgehead atoms. The Kier molecular flexibility index (Phi) is 6.01. The van der Waals surface area contributed by atoms with Gasteiger partial charge in [-0.15, -0.1) is 0 Å². The van der Waals surface area contributed by atoms with Gasteiger partial charge in [-0.2, -0.15) is 0 Å². The topological polar surface area (TPSA) is 50.4 Å². The van der Waals surface area contributed by atoms with E-state index in [1.165, 1.54) is 0 Å². The Bertz CT molecular complexity index is 570. The Balaban J connectivity index is 1.47. The number of halogens is 1. The van der Waals surface area contributed by atoms with Crippen molar-refractivity contribution in [1.29, 1.82) is 0 Å². The van der Waals surface area contributed by atoms with Crippen molar-refractivity contribution in [1.82, 2.24) is 10.6 Å². The fraction of sp³-hybridized carbons (Fsp3) is 0.632. The summed E-state index contributed by atoms with van der Waals surface area (Å²) in [5.41, 5.74) is 1.12. The van der Waals surface area contributed by atoms with E-state index in [1.54, 1.807) is 0 Å². The number of amides is 1. The zero-order valence-corrected chi connectivity index (χ0v) is 15.1. The van der Waals surface area contributed by atoms with Gasteiger partial charge >= 0.3 is 0 Å². The third-order valence-electron chi connectivity index (χ3n) is 5.18. The molecular formula is C19H27ClN2O2. The first-order valence-electron chi connectivity index (χ1n) is 9.08. The van der Waals surface area contributed by atoms with Crippen molar-refractivity contribution < 1.29 is 9.53 Å². The SMILES string of the molecule is CCNCC1CCC(C(=O)NC2COc3cc(Cl)ccc3C2)CC1. The van der Waals surface area contributed by atoms with Crippen LogP contribution in [0.15, 0.2) is 18.2 Å². The molecule has 3 rings (SSSR count). The molecular weight excluding hydrogens is 324 g/mol. The van der Waals surface area contributed by atoms with Crippen molar-refractivity contribution in [3.8, 4) is 5.75 Å². The summed E-state index contributed by atoms with van der Waals surface area (Å²) in [6.45, 7) is 4.77. The van der Waals surface area contributed by atoms with E-state index in [2.05, 4.69) is 17.6 Å². The zero-order valence-electron chi connectivity index (χ0n) is 14.3. The molecule has 1 aromatic carbocycles. The Morgan fingerprint density at radius 1 is 1.29 bits per heavy atom. The van der Waals surface area contributed by atoms with E-state index in [1.807, 2.05) is 18.2 Å². The van der Waals surface area contributed by atoms with Gasteiger partial charge < -0.3 is 15.4 Å². The van der Waals surface area contributed by atoms with Crippen LogP contribution in [0.3, 0.4) is 0 Å². The van der Waals surface area contributed by atoms with Crippen LogP contribution in [0.5, 0.6) is 5.75 Å². The van der Waals surface area contributed by atoms with E-state index >= 15 is 0 Å². The van der Waals surface area contributed by atoms with Crippen molar-refractivity contribution in [3.63, 3.8) is 0 Å². The Morgan fingerprint density at radius 2 is 2.08 bits per heavy atom. The van der Waals surface area contributed by atoms with Gasteiger partial charge in [0.1, 0.15) is 12.4 Å². The van der Waals surface area contributed by atoms with Crippen LogP contribution in [0, 0.1) is 11.8 Å². The fourth-order valence-electron chi connectivity index (χ4n) is 3.74. The number of carbonyl (C=O) groups is 1. The number of carbonyl (C=O) groups excluding carboxylic acids is 1. The highest BCUT2D eigenvalue weighted by molar-refractivity contribution is 6.30. The van der Waals surface area contributed by atoms with Gasteiger partial charge in [0.05, 0.1) is 6.04 Å². The quantitative estimate of drug-likeness (QED) is 0.857. The second-order valence-electron chi connectivity index (χ2n) is 7.00. The summed E-state index contributed by atoms with van der Waals surface area (Å²) >= 11 is 5.99. The van der Waals surface area contributed by atoms with E-state index in [0.717, 1.165) is 62.4 Å². The van der Waals surface area contributed by atoms with Crippen molar-refractivity contribution in [3.05, 3.63) is 28.8 Å². The standard InChI is InChI=1S/C19H27ClN2O2/c1-2-21-11-13-3-5-14(6-4-13)19(23)22-17-9-15-7-8-16(20)10-18(15)24-12-17/h7-8,10,13-14,17,21H,2-6,9,11-12H2,1H3,(H,22,23). The van der Waals surface area contributed by atoms with Crippen LogP contribution in [0.25, 0.3) is 0 Å². The lowest BCUT2D eigenvalue weighted by Crippen LogP contribution is -2.46. The lowest BCUT2D eigenvalue weighted by molar-refractivity contribution is -0.127. The van der Waals surface area contributed by atoms with Crippen molar-refractivity contribution >= 4 is 17.5 Å². The molecule has 0 aromatic heterocycles. The Morgan fingerprint density at radius 3 is 2.83 bits per heavy atom. The monoisotopic (exact) mass is 350 g/mol. The molecule has 1 saturated carbocycles. The normalized spacial score (nSPS) is 26.3. The van der Waals surface area contributed by atoms with Crippen LogP contribution in [0.4, 0.5) is 0 Å². The highest BCUT2D eigenvalue weighted by Gasteiger charge is 2.29. The summed E-state index contributed by atoms with van der Waals surface area (Å²) in [6.07, 6.45) is 5.11. The van der Waals surface area contributed by atoms with Crippen LogP contribution in [-0.4, -0.2) is 31.6 Å². The molecule has 1 heterocycles. The summed E-state index contributed by atoms with van der Waals surface area (Å²) in [4.78, 5) is 12.5. The number of hydrogen-bond acceptors (Lipinski definition) is 3. The van der Waals surface area contributed by atoms with Crippen LogP contribution >= 0.6 is 11.6 Å². The van der Waals surface area contributed by atoms with Gasteiger partial charge in [-0.05, 0) is 68.8 Å². The molecule has 1 aliphatic carbocycles. The van der Waals surface area contributed by atoms with Crippen LogP contribution in [0.2, 0.25) is 5.02 Å². The minimum atomic E-state index is 0.0608. The smallest absolute Gasteiger partial charge is 0.223 e. The van der Waals surface area contributed by atoms with Gasteiger partial charge in [0.2, 0.25) is 5.91 Å². The second kappa shape index (κ2) is 8.21. The van der Waals surface area contributed by atoms with Crippen LogP contribution in [0.1, 0.15) is 38.2 Å². The predicted octanol–water partition coefficient (Wildman–Crippen LogP) is 3.18. The number of nitrogens with one attached hydrogen (secondary N) is 2. The first-order valence-corrected chi connectivity index (χ1v) is 9.45. The summed E-state index contributed by atoms with van der Waals surface area (Å²) in [5, 5.41) is 7.29. The molecule has 1 aromatic rings. The molecule has 0 saturated heterocycles. The number of hydrogen-bond donors (Lipinski definition) is 2. The number of rotatable bonds is 5. The fourth-order valence-corrected chi connectivity index (χ4v) is 3.90. The molecule has 132 valence electrons. The summed E-state index contributed by atoms with van der Waals surface area (Å²) in [5.74, 6) is 1.93. The van der Waals surface area contributed by atoms with Crippen LogP contribution < -0.4 is 15.4 Å².